The van der Waals surface area contributed by atoms with Crippen molar-refractivity contribution < 1.29 is 14.3 Å². The highest BCUT2D eigenvalue weighted by molar-refractivity contribution is 5.83. The van der Waals surface area contributed by atoms with Crippen LogP contribution < -0.4 is 4.74 Å². The lowest BCUT2D eigenvalue weighted by Crippen LogP contribution is -2.52. The molecule has 0 aliphatic heterocycles. The SMILES string of the molecule is CC[N+](CC)(CC)CC(O)COc1ccc2ccccc2c1. The first-order valence-electron chi connectivity index (χ1n) is 8.27. The lowest BCUT2D eigenvalue weighted by molar-refractivity contribution is -0.926. The van der Waals surface area contributed by atoms with Gasteiger partial charge in [0, 0.05) is 0 Å². The van der Waals surface area contributed by atoms with E-state index in [1.807, 2.05) is 24.3 Å². The molecule has 0 bridgehead atoms. The highest BCUT2D eigenvalue weighted by atomic mass is 16.5. The highest BCUT2D eigenvalue weighted by Gasteiger charge is 2.25. The molecule has 0 aromatic heterocycles. The van der Waals surface area contributed by atoms with E-state index >= 15 is 0 Å². The van der Waals surface area contributed by atoms with E-state index in [0.717, 1.165) is 41.8 Å². The lowest BCUT2D eigenvalue weighted by atomic mass is 10.1. The number of likely N-dealkylation sites (N-methyl/N-ethyl adjacent to an activating group) is 1. The van der Waals surface area contributed by atoms with Gasteiger partial charge in [0.2, 0.25) is 0 Å². The van der Waals surface area contributed by atoms with E-state index in [-0.39, 0.29) is 0 Å². The molecular formula is C19H28NO2+. The summed E-state index contributed by atoms with van der Waals surface area (Å²) in [6, 6.07) is 14.3. The van der Waals surface area contributed by atoms with Gasteiger partial charge in [-0.3, -0.25) is 0 Å². The van der Waals surface area contributed by atoms with Gasteiger partial charge in [-0.05, 0) is 43.7 Å². The van der Waals surface area contributed by atoms with Crippen LogP contribution in [0.4, 0.5) is 0 Å². The van der Waals surface area contributed by atoms with Gasteiger partial charge < -0.3 is 14.3 Å². The van der Waals surface area contributed by atoms with Gasteiger partial charge in [-0.25, -0.2) is 0 Å². The minimum absolute atomic E-state index is 0.346. The lowest BCUT2D eigenvalue weighted by Gasteiger charge is -2.37. The Morgan fingerprint density at radius 3 is 2.23 bits per heavy atom. The minimum Gasteiger partial charge on any atom is -0.491 e. The van der Waals surface area contributed by atoms with E-state index in [0.29, 0.717) is 6.61 Å². The van der Waals surface area contributed by atoms with Crippen molar-refractivity contribution in [1.29, 1.82) is 0 Å². The van der Waals surface area contributed by atoms with Crippen molar-refractivity contribution in [3.63, 3.8) is 0 Å². The van der Waals surface area contributed by atoms with Crippen molar-refractivity contribution >= 4 is 10.8 Å². The Morgan fingerprint density at radius 2 is 1.59 bits per heavy atom. The fourth-order valence-corrected chi connectivity index (χ4v) is 3.01. The molecule has 1 unspecified atom stereocenters. The number of benzene rings is 2. The molecule has 3 heteroatoms. The molecule has 0 amide bonds. The van der Waals surface area contributed by atoms with E-state index in [4.69, 9.17) is 4.74 Å². The molecule has 3 nitrogen and oxygen atoms in total. The number of rotatable bonds is 8. The molecule has 0 aliphatic carbocycles. The summed E-state index contributed by atoms with van der Waals surface area (Å²) in [6.45, 7) is 10.8. The number of quaternary nitrogens is 1. The summed E-state index contributed by atoms with van der Waals surface area (Å²) in [5, 5.41) is 12.7. The number of nitrogens with zero attached hydrogens (tertiary/aromatic N) is 1. The Balaban J connectivity index is 1.96. The molecule has 0 saturated heterocycles. The molecule has 120 valence electrons. The normalized spacial score (nSPS) is 13.3. The number of ether oxygens (including phenoxy) is 1. The van der Waals surface area contributed by atoms with Crippen molar-refractivity contribution in [3.8, 4) is 5.75 Å². The van der Waals surface area contributed by atoms with Crippen LogP contribution in [0.5, 0.6) is 5.75 Å². The van der Waals surface area contributed by atoms with E-state index in [1.54, 1.807) is 0 Å². The summed E-state index contributed by atoms with van der Waals surface area (Å²) in [7, 11) is 0. The molecule has 0 saturated carbocycles. The molecule has 0 fully saturated rings. The third kappa shape index (κ3) is 3.99. The van der Waals surface area contributed by atoms with Crippen molar-refractivity contribution in [1.82, 2.24) is 0 Å². The molecule has 22 heavy (non-hydrogen) atoms. The quantitative estimate of drug-likeness (QED) is 0.757. The summed E-state index contributed by atoms with van der Waals surface area (Å²) in [6.07, 6.45) is -0.439. The molecular weight excluding hydrogens is 274 g/mol. The average Bonchev–Trinajstić information content (AvgIpc) is 2.58. The Kier molecular flexibility index (Phi) is 5.81. The van der Waals surface area contributed by atoms with Gasteiger partial charge in [0.15, 0.2) is 0 Å². The van der Waals surface area contributed by atoms with E-state index in [1.165, 1.54) is 5.39 Å². The fraction of sp³-hybridized carbons (Fsp3) is 0.474. The van der Waals surface area contributed by atoms with Gasteiger partial charge in [-0.2, -0.15) is 0 Å². The molecule has 0 spiro atoms. The largest absolute Gasteiger partial charge is 0.491 e. The van der Waals surface area contributed by atoms with Crippen LogP contribution in [0.25, 0.3) is 10.8 Å². The molecule has 0 heterocycles. The van der Waals surface area contributed by atoms with Gasteiger partial charge in [0.05, 0.1) is 19.6 Å². The van der Waals surface area contributed by atoms with E-state index in [9.17, 15) is 5.11 Å². The Morgan fingerprint density at radius 1 is 0.955 bits per heavy atom. The van der Waals surface area contributed by atoms with Crippen LogP contribution in [0, 0.1) is 0 Å². The summed E-state index contributed by atoms with van der Waals surface area (Å²) in [5.74, 6) is 0.820. The molecule has 0 aliphatic rings. The van der Waals surface area contributed by atoms with Crippen molar-refractivity contribution in [2.45, 2.75) is 26.9 Å². The van der Waals surface area contributed by atoms with E-state index in [2.05, 4.69) is 39.0 Å². The Labute approximate surface area is 133 Å². The first kappa shape index (κ1) is 16.8. The Bertz CT molecular complexity index is 584. The maximum absolute atomic E-state index is 10.3. The molecule has 0 radical (unpaired) electrons. The van der Waals surface area contributed by atoms with Crippen LogP contribution in [-0.2, 0) is 0 Å². The number of fused-ring (bicyclic) bond motifs is 1. The van der Waals surface area contributed by atoms with Crippen LogP contribution >= 0.6 is 0 Å². The van der Waals surface area contributed by atoms with Crippen LogP contribution in [-0.4, -0.2) is 48.5 Å². The second kappa shape index (κ2) is 7.61. The van der Waals surface area contributed by atoms with Crippen LogP contribution in [0.1, 0.15) is 20.8 Å². The minimum atomic E-state index is -0.439. The predicted octanol–water partition coefficient (Wildman–Crippen LogP) is 3.46. The first-order valence-corrected chi connectivity index (χ1v) is 8.27. The van der Waals surface area contributed by atoms with Gasteiger partial charge in [0.25, 0.3) is 0 Å². The zero-order chi connectivity index (χ0) is 16.0. The van der Waals surface area contributed by atoms with Crippen molar-refractivity contribution in [3.05, 3.63) is 42.5 Å². The smallest absolute Gasteiger partial charge is 0.137 e. The number of aliphatic hydroxyl groups is 1. The number of hydrogen-bond donors (Lipinski definition) is 1. The second-order valence-electron chi connectivity index (χ2n) is 5.95. The summed E-state index contributed by atoms with van der Waals surface area (Å²) < 4.78 is 6.73. The maximum atomic E-state index is 10.3. The molecule has 2 rings (SSSR count). The highest BCUT2D eigenvalue weighted by Crippen LogP contribution is 2.20. The van der Waals surface area contributed by atoms with E-state index < -0.39 is 6.10 Å². The van der Waals surface area contributed by atoms with Gasteiger partial charge in [-0.15, -0.1) is 0 Å². The third-order valence-electron chi connectivity index (χ3n) is 4.77. The third-order valence-corrected chi connectivity index (χ3v) is 4.77. The van der Waals surface area contributed by atoms with Gasteiger partial charge in [0.1, 0.15) is 25.0 Å². The number of hydrogen-bond acceptors (Lipinski definition) is 2. The zero-order valence-electron chi connectivity index (χ0n) is 14.0. The van der Waals surface area contributed by atoms with Crippen LogP contribution in [0.2, 0.25) is 0 Å². The summed E-state index contributed by atoms with van der Waals surface area (Å²) in [5.41, 5.74) is 0. The molecule has 2 aromatic carbocycles. The monoisotopic (exact) mass is 302 g/mol. The average molecular weight is 302 g/mol. The molecule has 1 N–H and O–H groups in total. The second-order valence-corrected chi connectivity index (χ2v) is 5.95. The maximum Gasteiger partial charge on any atom is 0.137 e. The first-order chi connectivity index (χ1) is 10.6. The summed E-state index contributed by atoms with van der Waals surface area (Å²) >= 11 is 0. The van der Waals surface area contributed by atoms with Crippen LogP contribution in [0.15, 0.2) is 42.5 Å². The van der Waals surface area contributed by atoms with Crippen molar-refractivity contribution in [2.75, 3.05) is 32.8 Å². The van der Waals surface area contributed by atoms with Crippen LogP contribution in [0.3, 0.4) is 0 Å². The fourth-order valence-electron chi connectivity index (χ4n) is 3.01. The van der Waals surface area contributed by atoms with Gasteiger partial charge >= 0.3 is 0 Å². The van der Waals surface area contributed by atoms with Crippen molar-refractivity contribution in [2.24, 2.45) is 0 Å². The van der Waals surface area contributed by atoms with Gasteiger partial charge in [-0.1, -0.05) is 30.3 Å². The predicted molar refractivity (Wildman–Crippen MR) is 92.2 cm³/mol. The summed E-state index contributed by atoms with van der Waals surface area (Å²) in [4.78, 5) is 0. The number of aliphatic hydroxyl groups excluding tert-OH is 1. The zero-order valence-corrected chi connectivity index (χ0v) is 14.0. The Hall–Kier alpha value is -1.58. The standard InChI is InChI=1S/C19H28NO2/c1-4-20(5-2,6-3)14-18(21)15-22-19-12-11-16-9-7-8-10-17(16)13-19/h7-13,18,21H,4-6,14-15H2,1-3H3/q+1. The molecule has 1 atom stereocenters. The topological polar surface area (TPSA) is 29.5 Å². The molecule has 2 aromatic rings.